The zero-order valence-corrected chi connectivity index (χ0v) is 17.0. The molecule has 0 spiro atoms. The summed E-state index contributed by atoms with van der Waals surface area (Å²) in [6.07, 6.45) is 5.61. The molecule has 0 N–H and O–H groups in total. The number of rotatable bonds is 3. The number of aliphatic imine (C=N–C) groups is 2. The van der Waals surface area contributed by atoms with Gasteiger partial charge >= 0.3 is 0 Å². The van der Waals surface area contributed by atoms with E-state index < -0.39 is 0 Å². The first kappa shape index (κ1) is 17.2. The predicted molar refractivity (Wildman–Crippen MR) is 122 cm³/mol. The fourth-order valence-corrected chi connectivity index (χ4v) is 5.02. The van der Waals surface area contributed by atoms with Crippen molar-refractivity contribution in [3.05, 3.63) is 71.5 Å². The summed E-state index contributed by atoms with van der Waals surface area (Å²) in [7, 11) is 0. The lowest BCUT2D eigenvalue weighted by atomic mass is 10.0. The lowest BCUT2D eigenvalue weighted by Crippen LogP contribution is -1.94. The van der Waals surface area contributed by atoms with Crippen LogP contribution in [0.2, 0.25) is 0 Å². The minimum Gasteiger partial charge on any atom is -0.260 e. The fourth-order valence-electron chi connectivity index (χ4n) is 3.88. The van der Waals surface area contributed by atoms with E-state index in [2.05, 4.69) is 38.3 Å². The molecule has 0 saturated carbocycles. The number of benzene rings is 1. The van der Waals surface area contributed by atoms with Crippen molar-refractivity contribution in [1.29, 1.82) is 0 Å². The molecule has 30 heavy (non-hydrogen) atoms. The van der Waals surface area contributed by atoms with E-state index in [1.807, 2.05) is 60.4 Å². The van der Waals surface area contributed by atoms with Crippen molar-refractivity contribution < 1.29 is 0 Å². The summed E-state index contributed by atoms with van der Waals surface area (Å²) < 4.78 is 1.90. The van der Waals surface area contributed by atoms with E-state index in [1.165, 1.54) is 0 Å². The molecule has 1 aliphatic heterocycles. The first-order valence-electron chi connectivity index (χ1n) is 9.66. The van der Waals surface area contributed by atoms with Gasteiger partial charge in [0.15, 0.2) is 5.84 Å². The molecule has 0 saturated heterocycles. The topological polar surface area (TPSA) is 67.8 Å². The maximum Gasteiger partial charge on any atom is 0.167 e. The van der Waals surface area contributed by atoms with Crippen molar-refractivity contribution >= 4 is 39.8 Å². The molecule has 0 radical (unpaired) electrons. The third-order valence-corrected chi connectivity index (χ3v) is 6.26. The molecule has 4 aromatic heterocycles. The molecule has 0 aliphatic carbocycles. The highest BCUT2D eigenvalue weighted by molar-refractivity contribution is 7.17. The van der Waals surface area contributed by atoms with Gasteiger partial charge in [-0.1, -0.05) is 24.3 Å². The smallest absolute Gasteiger partial charge is 0.167 e. The number of pyridine rings is 2. The van der Waals surface area contributed by atoms with E-state index in [4.69, 9.17) is 4.98 Å². The molecule has 0 unspecified atom stereocenters. The minimum absolute atomic E-state index is 0.606. The molecule has 5 heterocycles. The SMILES string of the molecule is Cc1nn2ccccc2c1-c1nc(-c2cccc3ncccc23)c(C2=NCC=N2)s1. The van der Waals surface area contributed by atoms with Crippen LogP contribution in [0, 0.1) is 6.92 Å². The maximum absolute atomic E-state index is 5.11. The maximum atomic E-state index is 5.11. The number of aryl methyl sites for hydroxylation is 1. The van der Waals surface area contributed by atoms with Gasteiger partial charge in [-0.15, -0.1) is 11.3 Å². The molecule has 0 bridgehead atoms. The summed E-state index contributed by atoms with van der Waals surface area (Å²) in [5.74, 6) is 0.740. The molecule has 5 aromatic rings. The van der Waals surface area contributed by atoms with E-state index in [0.717, 1.165) is 54.7 Å². The number of hydrogen-bond acceptors (Lipinski definition) is 6. The van der Waals surface area contributed by atoms with Crippen LogP contribution in [0.1, 0.15) is 10.6 Å². The summed E-state index contributed by atoms with van der Waals surface area (Å²) in [4.78, 5) is 19.7. The predicted octanol–water partition coefficient (Wildman–Crippen LogP) is 4.81. The summed E-state index contributed by atoms with van der Waals surface area (Å²) in [5.41, 5.74) is 5.91. The number of amidine groups is 1. The molecule has 0 fully saturated rings. The Morgan fingerprint density at radius 1 is 1.03 bits per heavy atom. The number of thiazole rings is 1. The van der Waals surface area contributed by atoms with Gasteiger partial charge in [0.1, 0.15) is 5.01 Å². The second-order valence-electron chi connectivity index (χ2n) is 7.04. The third-order valence-electron chi connectivity index (χ3n) is 5.20. The molecule has 6 nitrogen and oxygen atoms in total. The first-order valence-corrected chi connectivity index (χ1v) is 10.5. The van der Waals surface area contributed by atoms with E-state index in [-0.39, 0.29) is 0 Å². The van der Waals surface area contributed by atoms with Gasteiger partial charge in [0.05, 0.1) is 39.4 Å². The number of fused-ring (bicyclic) bond motifs is 2. The van der Waals surface area contributed by atoms with Crippen molar-refractivity contribution in [2.24, 2.45) is 9.98 Å². The molecule has 0 atom stereocenters. The van der Waals surface area contributed by atoms with Crippen LogP contribution in [0.25, 0.3) is 38.2 Å². The number of nitrogens with zero attached hydrogens (tertiary/aromatic N) is 6. The highest BCUT2D eigenvalue weighted by Crippen LogP contribution is 2.39. The van der Waals surface area contributed by atoms with Gasteiger partial charge in [-0.3, -0.25) is 9.98 Å². The van der Waals surface area contributed by atoms with Crippen LogP contribution >= 0.6 is 11.3 Å². The first-order chi connectivity index (χ1) is 14.8. The molecule has 144 valence electrons. The largest absolute Gasteiger partial charge is 0.260 e. The average molecular weight is 408 g/mol. The standard InChI is InChI=1S/C23H16N6S/c1-14-19(18-9-2-3-13-29(18)28-14)23-27-20(21(30-23)22-25-11-12-26-22)16-6-4-8-17-15(16)7-5-10-24-17/h2-11,13H,12H2,1H3. The Kier molecular flexibility index (Phi) is 3.82. The van der Waals surface area contributed by atoms with Gasteiger partial charge in [-0.2, -0.15) is 5.10 Å². The van der Waals surface area contributed by atoms with Crippen molar-refractivity contribution in [2.75, 3.05) is 6.54 Å². The molecular formula is C23H16N6S. The molecular weight excluding hydrogens is 392 g/mol. The van der Waals surface area contributed by atoms with Crippen molar-refractivity contribution in [3.63, 3.8) is 0 Å². The summed E-state index contributed by atoms with van der Waals surface area (Å²) >= 11 is 1.62. The van der Waals surface area contributed by atoms with Crippen LogP contribution in [0.15, 0.2) is 70.9 Å². The van der Waals surface area contributed by atoms with Crippen LogP contribution in [0.3, 0.4) is 0 Å². The summed E-state index contributed by atoms with van der Waals surface area (Å²) in [6, 6.07) is 16.3. The van der Waals surface area contributed by atoms with Crippen LogP contribution in [0.5, 0.6) is 0 Å². The highest BCUT2D eigenvalue weighted by Gasteiger charge is 2.23. The quantitative estimate of drug-likeness (QED) is 0.430. The number of hydrogen-bond donors (Lipinski definition) is 0. The van der Waals surface area contributed by atoms with Crippen LogP contribution < -0.4 is 0 Å². The average Bonchev–Trinajstić information content (AvgIpc) is 3.51. The summed E-state index contributed by atoms with van der Waals surface area (Å²) in [6.45, 7) is 2.63. The normalized spacial score (nSPS) is 13.4. The van der Waals surface area contributed by atoms with Crippen molar-refractivity contribution in [1.82, 2.24) is 19.6 Å². The Bertz CT molecular complexity index is 1490. The highest BCUT2D eigenvalue weighted by atomic mass is 32.1. The second kappa shape index (κ2) is 6.67. The molecule has 0 amide bonds. The Balaban J connectivity index is 1.65. The molecule has 7 heteroatoms. The molecule has 1 aliphatic rings. The van der Waals surface area contributed by atoms with Gasteiger partial charge in [0, 0.05) is 29.6 Å². The Labute approximate surface area is 176 Å². The fraction of sp³-hybridized carbons (Fsp3) is 0.0870. The minimum atomic E-state index is 0.606. The van der Waals surface area contributed by atoms with Crippen molar-refractivity contribution in [3.8, 4) is 21.8 Å². The van der Waals surface area contributed by atoms with Gasteiger partial charge in [-0.25, -0.2) is 14.5 Å². The number of aromatic nitrogens is 4. The summed E-state index contributed by atoms with van der Waals surface area (Å²) in [5, 5.41) is 6.65. The van der Waals surface area contributed by atoms with Crippen LogP contribution in [0.4, 0.5) is 0 Å². The van der Waals surface area contributed by atoms with Crippen LogP contribution in [-0.2, 0) is 0 Å². The van der Waals surface area contributed by atoms with Crippen molar-refractivity contribution in [2.45, 2.75) is 6.92 Å². The van der Waals surface area contributed by atoms with E-state index in [9.17, 15) is 0 Å². The lowest BCUT2D eigenvalue weighted by molar-refractivity contribution is 0.934. The van der Waals surface area contributed by atoms with Gasteiger partial charge < -0.3 is 0 Å². The van der Waals surface area contributed by atoms with E-state index >= 15 is 0 Å². The zero-order valence-electron chi connectivity index (χ0n) is 16.1. The Morgan fingerprint density at radius 2 is 2.00 bits per heavy atom. The monoisotopic (exact) mass is 408 g/mol. The van der Waals surface area contributed by atoms with E-state index in [1.54, 1.807) is 11.3 Å². The Morgan fingerprint density at radius 3 is 2.90 bits per heavy atom. The second-order valence-corrected chi connectivity index (χ2v) is 8.04. The van der Waals surface area contributed by atoms with Gasteiger partial charge in [0.2, 0.25) is 0 Å². The third kappa shape index (κ3) is 2.59. The van der Waals surface area contributed by atoms with E-state index in [0.29, 0.717) is 6.54 Å². The van der Waals surface area contributed by atoms with Gasteiger partial charge in [0.25, 0.3) is 0 Å². The zero-order chi connectivity index (χ0) is 20.1. The van der Waals surface area contributed by atoms with Crippen LogP contribution in [-0.4, -0.2) is 38.2 Å². The Hall–Kier alpha value is -3.71. The molecule has 1 aromatic carbocycles. The molecule has 6 rings (SSSR count). The van der Waals surface area contributed by atoms with Gasteiger partial charge in [-0.05, 0) is 31.2 Å². The lowest BCUT2D eigenvalue weighted by Gasteiger charge is -2.05.